The van der Waals surface area contributed by atoms with Crippen LogP contribution in [0.25, 0.3) is 0 Å². The molecule has 0 radical (unpaired) electrons. The quantitative estimate of drug-likeness (QED) is 0.657. The number of rotatable bonds is 4. The number of phenolic OH excluding ortho intramolecular Hbond substituents is 1. The van der Waals surface area contributed by atoms with Crippen molar-refractivity contribution in [3.05, 3.63) is 41.5 Å². The molecule has 0 aliphatic carbocycles. The first-order chi connectivity index (χ1) is 9.96. The third-order valence-corrected chi connectivity index (χ3v) is 3.40. The number of carbonyl (C=O) groups is 1. The van der Waals surface area contributed by atoms with E-state index in [0.29, 0.717) is 12.3 Å². The molecule has 0 saturated carbocycles. The SMILES string of the molecule is C=CC(=O)ONCc1cc(C(C)(C)C)c(O)c(C(C)(C)C)c1. The second-order valence-corrected chi connectivity index (χ2v) is 7.49. The molecule has 1 aromatic rings. The second kappa shape index (κ2) is 6.53. The summed E-state index contributed by atoms with van der Waals surface area (Å²) in [5.41, 5.74) is 4.97. The minimum absolute atomic E-state index is 0.183. The van der Waals surface area contributed by atoms with Crippen molar-refractivity contribution >= 4 is 5.97 Å². The fourth-order valence-electron chi connectivity index (χ4n) is 2.17. The van der Waals surface area contributed by atoms with E-state index < -0.39 is 5.97 Å². The van der Waals surface area contributed by atoms with Gasteiger partial charge in [-0.1, -0.05) is 60.3 Å². The summed E-state index contributed by atoms with van der Waals surface area (Å²) < 4.78 is 0. The molecule has 0 aliphatic rings. The van der Waals surface area contributed by atoms with Gasteiger partial charge in [0.1, 0.15) is 5.75 Å². The van der Waals surface area contributed by atoms with Gasteiger partial charge in [0, 0.05) is 6.08 Å². The number of benzene rings is 1. The highest BCUT2D eigenvalue weighted by molar-refractivity contribution is 5.80. The summed E-state index contributed by atoms with van der Waals surface area (Å²) in [6.45, 7) is 16.1. The van der Waals surface area contributed by atoms with Gasteiger partial charge in [-0.25, -0.2) is 4.79 Å². The van der Waals surface area contributed by atoms with Gasteiger partial charge in [0.05, 0.1) is 6.54 Å². The van der Waals surface area contributed by atoms with Crippen LogP contribution >= 0.6 is 0 Å². The highest BCUT2D eigenvalue weighted by Gasteiger charge is 2.26. The smallest absolute Gasteiger partial charge is 0.348 e. The molecule has 122 valence electrons. The summed E-state index contributed by atoms with van der Waals surface area (Å²) in [7, 11) is 0. The van der Waals surface area contributed by atoms with Crippen molar-refractivity contribution in [1.82, 2.24) is 5.48 Å². The molecule has 0 aliphatic heterocycles. The highest BCUT2D eigenvalue weighted by Crippen LogP contribution is 2.39. The molecule has 0 amide bonds. The molecule has 4 heteroatoms. The Morgan fingerprint density at radius 3 is 2.00 bits per heavy atom. The number of phenols is 1. The lowest BCUT2D eigenvalue weighted by Crippen LogP contribution is -2.21. The summed E-state index contributed by atoms with van der Waals surface area (Å²) in [5, 5.41) is 10.6. The standard InChI is InChI=1S/C18H27NO3/c1-8-15(20)22-19-11-12-9-13(17(2,3)4)16(21)14(10-12)18(5,6)7/h8-10,19,21H,1,11H2,2-7H3. The molecule has 0 fully saturated rings. The van der Waals surface area contributed by atoms with Gasteiger partial charge in [-0.3, -0.25) is 0 Å². The minimum atomic E-state index is -0.522. The lowest BCUT2D eigenvalue weighted by Gasteiger charge is -2.28. The zero-order valence-electron chi connectivity index (χ0n) is 14.4. The van der Waals surface area contributed by atoms with Crippen molar-refractivity contribution in [2.45, 2.75) is 58.9 Å². The molecule has 22 heavy (non-hydrogen) atoms. The Labute approximate surface area is 133 Å². The summed E-state index contributed by atoms with van der Waals surface area (Å²) in [5.74, 6) is -0.183. The molecular formula is C18H27NO3. The number of hydroxylamine groups is 1. The summed E-state index contributed by atoms with van der Waals surface area (Å²) in [6.07, 6.45) is 1.10. The molecule has 2 N–H and O–H groups in total. The molecule has 0 bridgehead atoms. The van der Waals surface area contributed by atoms with Crippen molar-refractivity contribution in [2.75, 3.05) is 0 Å². The average Bonchev–Trinajstić information content (AvgIpc) is 2.37. The van der Waals surface area contributed by atoms with Crippen molar-refractivity contribution in [2.24, 2.45) is 0 Å². The predicted octanol–water partition coefficient (Wildman–Crippen LogP) is 3.72. The first-order valence-electron chi connectivity index (χ1n) is 7.39. The zero-order valence-corrected chi connectivity index (χ0v) is 14.4. The molecule has 0 atom stereocenters. The monoisotopic (exact) mass is 305 g/mol. The summed E-state index contributed by atoms with van der Waals surface area (Å²) in [4.78, 5) is 15.9. The number of aromatic hydroxyl groups is 1. The molecular weight excluding hydrogens is 278 g/mol. The number of carbonyl (C=O) groups excluding carboxylic acids is 1. The van der Waals surface area contributed by atoms with Crippen LogP contribution in [0.15, 0.2) is 24.8 Å². The van der Waals surface area contributed by atoms with Gasteiger partial charge in [-0.05, 0) is 27.5 Å². The van der Waals surface area contributed by atoms with Gasteiger partial charge in [0.25, 0.3) is 0 Å². The second-order valence-electron chi connectivity index (χ2n) is 7.49. The van der Waals surface area contributed by atoms with Crippen LogP contribution in [0.1, 0.15) is 58.2 Å². The van der Waals surface area contributed by atoms with Gasteiger partial charge in [0.15, 0.2) is 0 Å². The van der Waals surface area contributed by atoms with E-state index in [1.54, 1.807) is 0 Å². The van der Waals surface area contributed by atoms with E-state index in [1.807, 2.05) is 12.1 Å². The Kier molecular flexibility index (Phi) is 5.41. The Morgan fingerprint density at radius 2 is 1.64 bits per heavy atom. The van der Waals surface area contributed by atoms with Crippen molar-refractivity contribution in [1.29, 1.82) is 0 Å². The van der Waals surface area contributed by atoms with Crippen molar-refractivity contribution in [3.8, 4) is 5.75 Å². The van der Waals surface area contributed by atoms with Crippen LogP contribution in [0.2, 0.25) is 0 Å². The van der Waals surface area contributed by atoms with E-state index >= 15 is 0 Å². The van der Waals surface area contributed by atoms with Crippen LogP contribution in [0, 0.1) is 0 Å². The van der Waals surface area contributed by atoms with Crippen LogP contribution < -0.4 is 5.48 Å². The Morgan fingerprint density at radius 1 is 1.18 bits per heavy atom. The average molecular weight is 305 g/mol. The third kappa shape index (κ3) is 4.60. The van der Waals surface area contributed by atoms with Gasteiger partial charge >= 0.3 is 5.97 Å². The molecule has 0 aromatic heterocycles. The molecule has 0 spiro atoms. The summed E-state index contributed by atoms with van der Waals surface area (Å²) >= 11 is 0. The molecule has 0 heterocycles. The van der Waals surface area contributed by atoms with E-state index in [1.165, 1.54) is 0 Å². The maximum Gasteiger partial charge on any atom is 0.348 e. The first kappa shape index (κ1) is 18.2. The Bertz CT molecular complexity index is 528. The summed E-state index contributed by atoms with van der Waals surface area (Å²) in [6, 6.07) is 3.89. The van der Waals surface area contributed by atoms with Gasteiger partial charge in [-0.15, -0.1) is 5.48 Å². The number of hydrogen-bond acceptors (Lipinski definition) is 4. The Balaban J connectivity index is 3.18. The van der Waals surface area contributed by atoms with Crippen molar-refractivity contribution in [3.63, 3.8) is 0 Å². The number of hydrogen-bond donors (Lipinski definition) is 2. The normalized spacial score (nSPS) is 12.1. The van der Waals surface area contributed by atoms with Gasteiger partial charge in [0.2, 0.25) is 0 Å². The fraction of sp³-hybridized carbons (Fsp3) is 0.500. The van der Waals surface area contributed by atoms with Crippen LogP contribution in [0.4, 0.5) is 0 Å². The van der Waals surface area contributed by atoms with E-state index in [2.05, 4.69) is 53.6 Å². The van der Waals surface area contributed by atoms with E-state index in [9.17, 15) is 9.90 Å². The third-order valence-electron chi connectivity index (χ3n) is 3.40. The van der Waals surface area contributed by atoms with Crippen molar-refractivity contribution < 1.29 is 14.7 Å². The molecule has 0 unspecified atom stereocenters. The first-order valence-corrected chi connectivity index (χ1v) is 7.39. The largest absolute Gasteiger partial charge is 0.507 e. The van der Waals surface area contributed by atoms with Crippen LogP contribution in [-0.2, 0) is 27.0 Å². The van der Waals surface area contributed by atoms with E-state index in [-0.39, 0.29) is 10.8 Å². The van der Waals surface area contributed by atoms with E-state index in [0.717, 1.165) is 22.8 Å². The zero-order chi connectivity index (χ0) is 17.1. The maximum atomic E-state index is 11.1. The van der Waals surface area contributed by atoms with E-state index in [4.69, 9.17) is 4.84 Å². The molecule has 1 rings (SSSR count). The van der Waals surface area contributed by atoms with Crippen LogP contribution in [-0.4, -0.2) is 11.1 Å². The lowest BCUT2D eigenvalue weighted by atomic mass is 9.78. The Hall–Kier alpha value is -1.81. The van der Waals surface area contributed by atoms with Crippen LogP contribution in [0.5, 0.6) is 5.75 Å². The minimum Gasteiger partial charge on any atom is -0.507 e. The predicted molar refractivity (Wildman–Crippen MR) is 88.6 cm³/mol. The molecule has 0 saturated heterocycles. The fourth-order valence-corrected chi connectivity index (χ4v) is 2.17. The van der Waals surface area contributed by atoms with Gasteiger partial charge < -0.3 is 9.94 Å². The highest BCUT2D eigenvalue weighted by atomic mass is 16.7. The lowest BCUT2D eigenvalue weighted by molar-refractivity contribution is -0.145. The van der Waals surface area contributed by atoms with Crippen LogP contribution in [0.3, 0.4) is 0 Å². The topological polar surface area (TPSA) is 58.6 Å². The molecule has 1 aromatic carbocycles. The number of nitrogens with one attached hydrogen (secondary N) is 1. The molecule has 4 nitrogen and oxygen atoms in total. The maximum absolute atomic E-state index is 11.1. The van der Waals surface area contributed by atoms with Gasteiger partial charge in [-0.2, -0.15) is 0 Å².